The van der Waals surface area contributed by atoms with Gasteiger partial charge in [0.2, 0.25) is 0 Å². The summed E-state index contributed by atoms with van der Waals surface area (Å²) in [5.41, 5.74) is 6.92. The fourth-order valence-electron chi connectivity index (χ4n) is 3.29. The smallest absolute Gasteiger partial charge is 0.255 e. The molecule has 5 nitrogen and oxygen atoms in total. The van der Waals surface area contributed by atoms with E-state index in [0.717, 1.165) is 19.6 Å². The van der Waals surface area contributed by atoms with Crippen LogP contribution in [0.2, 0.25) is 0 Å². The van der Waals surface area contributed by atoms with Gasteiger partial charge in [-0.15, -0.1) is 0 Å². The van der Waals surface area contributed by atoms with E-state index in [1.54, 1.807) is 19.2 Å². The van der Waals surface area contributed by atoms with Gasteiger partial charge in [-0.1, -0.05) is 0 Å². The first-order valence-electron chi connectivity index (χ1n) is 7.24. The summed E-state index contributed by atoms with van der Waals surface area (Å²) < 4.78 is 5.99. The van der Waals surface area contributed by atoms with Gasteiger partial charge in [0.05, 0.1) is 12.7 Å². The van der Waals surface area contributed by atoms with Crippen LogP contribution in [0.3, 0.4) is 0 Å². The van der Waals surface area contributed by atoms with Crippen LogP contribution < -0.4 is 15.8 Å². The van der Waals surface area contributed by atoms with Gasteiger partial charge in [0.25, 0.3) is 5.91 Å². The van der Waals surface area contributed by atoms with Crippen LogP contribution in [-0.2, 0) is 0 Å². The minimum absolute atomic E-state index is 0.0914. The van der Waals surface area contributed by atoms with E-state index < -0.39 is 0 Å². The molecular weight excluding hydrogens is 334 g/mol. The number of carbonyl (C=O) groups is 1. The Bertz CT molecular complexity index is 556. The molecular formula is C15H20BrN3O2. The molecule has 3 aliphatic heterocycles. The SMILES string of the molecule is COc1cc(N)c(Br)cc1C(=O)NC1CN2CCC1CC2. The zero-order chi connectivity index (χ0) is 15.0. The predicted molar refractivity (Wildman–Crippen MR) is 85.5 cm³/mol. The molecule has 3 saturated heterocycles. The Balaban J connectivity index is 1.78. The van der Waals surface area contributed by atoms with E-state index in [1.165, 1.54) is 12.8 Å². The Kier molecular flexibility index (Phi) is 4.08. The van der Waals surface area contributed by atoms with Crippen LogP contribution in [0.25, 0.3) is 0 Å². The second-order valence-electron chi connectivity index (χ2n) is 5.79. The fourth-order valence-corrected chi connectivity index (χ4v) is 3.63. The quantitative estimate of drug-likeness (QED) is 0.814. The molecule has 3 aliphatic rings. The number of anilines is 1. The largest absolute Gasteiger partial charge is 0.496 e. The summed E-state index contributed by atoms with van der Waals surface area (Å²) in [6, 6.07) is 3.64. The van der Waals surface area contributed by atoms with Crippen molar-refractivity contribution in [3.8, 4) is 5.75 Å². The summed E-state index contributed by atoms with van der Waals surface area (Å²) in [7, 11) is 1.55. The zero-order valence-electron chi connectivity index (χ0n) is 12.1. The van der Waals surface area contributed by atoms with Gasteiger partial charge in [0.15, 0.2) is 0 Å². The number of hydrogen-bond acceptors (Lipinski definition) is 4. The van der Waals surface area contributed by atoms with Crippen LogP contribution in [0.15, 0.2) is 16.6 Å². The standard InChI is InChI=1S/C15H20BrN3O2/c1-21-14-7-12(17)11(16)6-10(14)15(20)18-13-8-19-4-2-9(13)3-5-19/h6-7,9,13H,2-5,8,17H2,1H3,(H,18,20). The molecule has 0 radical (unpaired) electrons. The van der Waals surface area contributed by atoms with Gasteiger partial charge in [-0.3, -0.25) is 4.79 Å². The monoisotopic (exact) mass is 353 g/mol. The number of carbonyl (C=O) groups excluding carboxylic acids is 1. The molecule has 1 atom stereocenters. The van der Waals surface area contributed by atoms with E-state index in [0.29, 0.717) is 27.4 Å². The third kappa shape index (κ3) is 2.87. The van der Waals surface area contributed by atoms with Crippen molar-refractivity contribution in [1.82, 2.24) is 10.2 Å². The van der Waals surface area contributed by atoms with E-state index in [1.807, 2.05) is 0 Å². The molecule has 0 saturated carbocycles. The van der Waals surface area contributed by atoms with E-state index in [-0.39, 0.29) is 11.9 Å². The van der Waals surface area contributed by atoms with Crippen LogP contribution in [-0.4, -0.2) is 43.6 Å². The molecule has 1 aromatic rings. The first-order chi connectivity index (χ1) is 10.1. The Morgan fingerprint density at radius 1 is 1.43 bits per heavy atom. The fraction of sp³-hybridized carbons (Fsp3) is 0.533. The molecule has 1 aromatic carbocycles. The lowest BCUT2D eigenvalue weighted by Gasteiger charge is -2.44. The second-order valence-corrected chi connectivity index (χ2v) is 6.65. The van der Waals surface area contributed by atoms with Gasteiger partial charge in [0, 0.05) is 28.8 Å². The Morgan fingerprint density at radius 3 is 2.71 bits per heavy atom. The van der Waals surface area contributed by atoms with E-state index >= 15 is 0 Å². The summed E-state index contributed by atoms with van der Waals surface area (Å²) in [4.78, 5) is 15.0. The van der Waals surface area contributed by atoms with Crippen molar-refractivity contribution < 1.29 is 9.53 Å². The number of nitrogens with one attached hydrogen (secondary N) is 1. The molecule has 21 heavy (non-hydrogen) atoms. The molecule has 6 heteroatoms. The van der Waals surface area contributed by atoms with Crippen molar-refractivity contribution >= 4 is 27.5 Å². The minimum atomic E-state index is -0.0914. The average molecular weight is 354 g/mol. The third-order valence-corrected chi connectivity index (χ3v) is 5.22. The molecule has 4 rings (SSSR count). The second kappa shape index (κ2) is 5.85. The summed E-state index contributed by atoms with van der Waals surface area (Å²) in [6.07, 6.45) is 2.35. The highest BCUT2D eigenvalue weighted by Crippen LogP contribution is 2.31. The first-order valence-corrected chi connectivity index (χ1v) is 8.04. The van der Waals surface area contributed by atoms with Gasteiger partial charge < -0.3 is 20.7 Å². The lowest BCUT2D eigenvalue weighted by atomic mass is 9.84. The molecule has 114 valence electrons. The Morgan fingerprint density at radius 2 is 2.14 bits per heavy atom. The molecule has 3 fully saturated rings. The number of halogens is 1. The maximum atomic E-state index is 12.6. The number of rotatable bonds is 3. The summed E-state index contributed by atoms with van der Waals surface area (Å²) >= 11 is 3.37. The van der Waals surface area contributed by atoms with Crippen molar-refractivity contribution in [3.05, 3.63) is 22.2 Å². The van der Waals surface area contributed by atoms with Crippen molar-refractivity contribution in [2.75, 3.05) is 32.5 Å². The Hall–Kier alpha value is -1.27. The molecule has 2 bridgehead atoms. The number of nitrogen functional groups attached to an aromatic ring is 1. The molecule has 1 amide bonds. The number of nitrogens with two attached hydrogens (primary N) is 1. The molecule has 0 aliphatic carbocycles. The Labute approximate surface area is 132 Å². The molecule has 3 heterocycles. The van der Waals surface area contributed by atoms with Gasteiger partial charge in [-0.05, 0) is 53.8 Å². The third-order valence-electron chi connectivity index (χ3n) is 4.54. The molecule has 1 unspecified atom stereocenters. The van der Waals surface area contributed by atoms with Crippen molar-refractivity contribution in [2.24, 2.45) is 5.92 Å². The maximum Gasteiger partial charge on any atom is 0.255 e. The van der Waals surface area contributed by atoms with E-state index in [9.17, 15) is 4.79 Å². The highest BCUT2D eigenvalue weighted by atomic mass is 79.9. The van der Waals surface area contributed by atoms with Crippen LogP contribution in [0.1, 0.15) is 23.2 Å². The number of amides is 1. The van der Waals surface area contributed by atoms with Crippen LogP contribution in [0.4, 0.5) is 5.69 Å². The highest BCUT2D eigenvalue weighted by Gasteiger charge is 2.35. The number of piperidine rings is 3. The summed E-state index contributed by atoms with van der Waals surface area (Å²) in [5.74, 6) is 1.02. The van der Waals surface area contributed by atoms with Crippen LogP contribution in [0, 0.1) is 5.92 Å². The van der Waals surface area contributed by atoms with Crippen LogP contribution >= 0.6 is 15.9 Å². The number of ether oxygens (including phenoxy) is 1. The molecule has 0 spiro atoms. The average Bonchev–Trinajstić information content (AvgIpc) is 2.50. The number of hydrogen-bond donors (Lipinski definition) is 2. The number of nitrogens with zero attached hydrogens (tertiary/aromatic N) is 1. The minimum Gasteiger partial charge on any atom is -0.496 e. The topological polar surface area (TPSA) is 67.6 Å². The summed E-state index contributed by atoms with van der Waals surface area (Å²) in [5, 5.41) is 3.17. The lowest BCUT2D eigenvalue weighted by molar-refractivity contribution is 0.0619. The van der Waals surface area contributed by atoms with Crippen molar-refractivity contribution in [3.63, 3.8) is 0 Å². The number of benzene rings is 1. The van der Waals surface area contributed by atoms with Crippen molar-refractivity contribution in [2.45, 2.75) is 18.9 Å². The summed E-state index contributed by atoms with van der Waals surface area (Å²) in [6.45, 7) is 3.27. The normalized spacial score (nSPS) is 27.4. The highest BCUT2D eigenvalue weighted by molar-refractivity contribution is 9.10. The van der Waals surface area contributed by atoms with Gasteiger partial charge >= 0.3 is 0 Å². The number of fused-ring (bicyclic) bond motifs is 3. The van der Waals surface area contributed by atoms with Crippen molar-refractivity contribution in [1.29, 1.82) is 0 Å². The maximum absolute atomic E-state index is 12.6. The molecule has 3 N–H and O–H groups in total. The predicted octanol–water partition coefficient (Wildman–Crippen LogP) is 1.86. The van der Waals surface area contributed by atoms with Gasteiger partial charge in [-0.2, -0.15) is 0 Å². The number of methoxy groups -OCH3 is 1. The van der Waals surface area contributed by atoms with Gasteiger partial charge in [0.1, 0.15) is 5.75 Å². The van der Waals surface area contributed by atoms with Gasteiger partial charge in [-0.25, -0.2) is 0 Å². The zero-order valence-corrected chi connectivity index (χ0v) is 13.6. The molecule has 0 aromatic heterocycles. The lowest BCUT2D eigenvalue weighted by Crippen LogP contribution is -2.57. The first kappa shape index (κ1) is 14.7. The van der Waals surface area contributed by atoms with E-state index in [2.05, 4.69) is 26.1 Å². The van der Waals surface area contributed by atoms with E-state index in [4.69, 9.17) is 10.5 Å². The van der Waals surface area contributed by atoms with Crippen LogP contribution in [0.5, 0.6) is 5.75 Å².